The molecular formula is C27H35N3O2. The minimum absolute atomic E-state index is 0.293. The fourth-order valence-corrected chi connectivity index (χ4v) is 3.94. The summed E-state index contributed by atoms with van der Waals surface area (Å²) in [5, 5.41) is 26.2. The Hall–Kier alpha value is -2.86. The number of nitrogens with zero attached hydrogens (tertiary/aromatic N) is 1. The summed E-state index contributed by atoms with van der Waals surface area (Å²) in [7, 11) is 4.18. The van der Waals surface area contributed by atoms with Crippen molar-refractivity contribution >= 4 is 0 Å². The Kier molecular flexibility index (Phi) is 9.11. The van der Waals surface area contributed by atoms with Crippen LogP contribution in [0.15, 0.2) is 78.9 Å². The summed E-state index contributed by atoms with van der Waals surface area (Å²) in [6.07, 6.45) is 1.79. The molecule has 0 bridgehead atoms. The van der Waals surface area contributed by atoms with Crippen LogP contribution in [-0.4, -0.2) is 54.4 Å². The van der Waals surface area contributed by atoms with Crippen molar-refractivity contribution in [2.45, 2.75) is 31.5 Å². The zero-order chi connectivity index (χ0) is 22.8. The molecule has 0 unspecified atom stereocenters. The molecule has 3 aromatic rings. The van der Waals surface area contributed by atoms with Gasteiger partial charge in [-0.15, -0.1) is 0 Å². The fourth-order valence-electron chi connectivity index (χ4n) is 3.94. The molecule has 3 aromatic carbocycles. The van der Waals surface area contributed by atoms with Crippen molar-refractivity contribution in [3.63, 3.8) is 0 Å². The van der Waals surface area contributed by atoms with Crippen LogP contribution >= 0.6 is 0 Å². The summed E-state index contributed by atoms with van der Waals surface area (Å²) in [5.74, 6) is 0.593. The molecule has 5 nitrogen and oxygen atoms in total. The van der Waals surface area contributed by atoms with E-state index >= 15 is 0 Å². The van der Waals surface area contributed by atoms with Crippen LogP contribution in [0.3, 0.4) is 0 Å². The molecule has 0 radical (unpaired) electrons. The molecule has 0 spiro atoms. The standard InChI is InChI=1S/C27H35N3O2/c1-28-24(16-21-8-12-26(31)13-9-21)20-30(2)25(17-22-10-14-27(32)15-11-22)19-29-18-23-6-4-3-5-7-23/h3-15,24-25,28-29,31-32H,16-20H2,1-2H3/t24-,25-/m0/s1. The molecule has 0 aliphatic heterocycles. The topological polar surface area (TPSA) is 67.8 Å². The van der Waals surface area contributed by atoms with E-state index in [0.29, 0.717) is 23.6 Å². The Morgan fingerprint density at radius 3 is 1.88 bits per heavy atom. The molecule has 4 N–H and O–H groups in total. The Morgan fingerprint density at radius 1 is 0.750 bits per heavy atom. The Labute approximate surface area is 191 Å². The lowest BCUT2D eigenvalue weighted by atomic mass is 10.0. The molecule has 0 aliphatic rings. The maximum absolute atomic E-state index is 9.63. The first-order valence-corrected chi connectivity index (χ1v) is 11.2. The smallest absolute Gasteiger partial charge is 0.115 e. The minimum atomic E-state index is 0.293. The van der Waals surface area contributed by atoms with Crippen LogP contribution in [0.4, 0.5) is 0 Å². The van der Waals surface area contributed by atoms with Gasteiger partial charge in [0.2, 0.25) is 0 Å². The van der Waals surface area contributed by atoms with Crippen molar-refractivity contribution in [3.8, 4) is 11.5 Å². The van der Waals surface area contributed by atoms with Crippen LogP contribution in [0.25, 0.3) is 0 Å². The zero-order valence-corrected chi connectivity index (χ0v) is 19.0. The summed E-state index contributed by atoms with van der Waals surface area (Å²) in [6.45, 7) is 2.60. The van der Waals surface area contributed by atoms with Gasteiger partial charge in [0, 0.05) is 31.7 Å². The van der Waals surface area contributed by atoms with Gasteiger partial charge in [0.05, 0.1) is 0 Å². The van der Waals surface area contributed by atoms with E-state index in [-0.39, 0.29) is 0 Å². The van der Waals surface area contributed by atoms with Gasteiger partial charge in [0.15, 0.2) is 0 Å². The van der Waals surface area contributed by atoms with E-state index in [2.05, 4.69) is 46.8 Å². The quantitative estimate of drug-likeness (QED) is 0.352. The van der Waals surface area contributed by atoms with E-state index in [1.807, 2.05) is 37.4 Å². The van der Waals surface area contributed by atoms with E-state index < -0.39 is 0 Å². The number of hydrogen-bond acceptors (Lipinski definition) is 5. The maximum atomic E-state index is 9.63. The third kappa shape index (κ3) is 7.68. The van der Waals surface area contributed by atoms with Crippen LogP contribution in [0, 0.1) is 0 Å². The lowest BCUT2D eigenvalue weighted by Crippen LogP contribution is -2.47. The number of hydrogen-bond donors (Lipinski definition) is 4. The average Bonchev–Trinajstić information content (AvgIpc) is 2.81. The van der Waals surface area contributed by atoms with Crippen LogP contribution in [0.2, 0.25) is 0 Å². The molecule has 3 rings (SSSR count). The largest absolute Gasteiger partial charge is 0.508 e. The Morgan fingerprint density at radius 2 is 1.31 bits per heavy atom. The number of benzene rings is 3. The van der Waals surface area contributed by atoms with E-state index in [0.717, 1.165) is 32.5 Å². The first-order chi connectivity index (χ1) is 15.5. The molecule has 5 heteroatoms. The van der Waals surface area contributed by atoms with Gasteiger partial charge in [-0.25, -0.2) is 0 Å². The number of nitrogens with one attached hydrogen (secondary N) is 2. The molecule has 0 saturated carbocycles. The predicted octanol–water partition coefficient (Wildman–Crippen LogP) is 3.56. The molecule has 32 heavy (non-hydrogen) atoms. The number of phenolic OH excluding ortho intramolecular Hbond substituents is 2. The Bertz CT molecular complexity index is 914. The third-order valence-electron chi connectivity index (χ3n) is 5.92. The summed E-state index contributed by atoms with van der Waals surface area (Å²) < 4.78 is 0. The molecule has 0 saturated heterocycles. The summed E-state index contributed by atoms with van der Waals surface area (Å²) in [4.78, 5) is 2.41. The highest BCUT2D eigenvalue weighted by atomic mass is 16.3. The molecule has 0 aromatic heterocycles. The van der Waals surface area contributed by atoms with E-state index in [1.165, 1.54) is 16.7 Å². The average molecular weight is 434 g/mol. The van der Waals surface area contributed by atoms with E-state index in [4.69, 9.17) is 0 Å². The lowest BCUT2D eigenvalue weighted by Gasteiger charge is -2.32. The van der Waals surface area contributed by atoms with Crippen molar-refractivity contribution < 1.29 is 10.2 Å². The highest BCUT2D eigenvalue weighted by Gasteiger charge is 2.19. The van der Waals surface area contributed by atoms with Gasteiger partial charge in [-0.1, -0.05) is 54.6 Å². The molecule has 0 fully saturated rings. The number of rotatable bonds is 12. The zero-order valence-electron chi connectivity index (χ0n) is 19.0. The highest BCUT2D eigenvalue weighted by Crippen LogP contribution is 2.15. The molecule has 2 atom stereocenters. The predicted molar refractivity (Wildman–Crippen MR) is 131 cm³/mol. The highest BCUT2D eigenvalue weighted by molar-refractivity contribution is 5.27. The van der Waals surface area contributed by atoms with E-state index in [1.54, 1.807) is 24.3 Å². The fraction of sp³-hybridized carbons (Fsp3) is 0.333. The second-order valence-electron chi connectivity index (χ2n) is 8.44. The van der Waals surface area contributed by atoms with Crippen LogP contribution in [-0.2, 0) is 19.4 Å². The molecule has 0 amide bonds. The van der Waals surface area contributed by atoms with Crippen molar-refractivity contribution in [3.05, 3.63) is 95.6 Å². The van der Waals surface area contributed by atoms with Crippen LogP contribution in [0.5, 0.6) is 11.5 Å². The first-order valence-electron chi connectivity index (χ1n) is 11.2. The third-order valence-corrected chi connectivity index (χ3v) is 5.92. The monoisotopic (exact) mass is 433 g/mol. The van der Waals surface area contributed by atoms with Gasteiger partial charge in [-0.2, -0.15) is 0 Å². The van der Waals surface area contributed by atoms with Gasteiger partial charge in [-0.05, 0) is 67.9 Å². The van der Waals surface area contributed by atoms with Crippen LogP contribution < -0.4 is 10.6 Å². The van der Waals surface area contributed by atoms with E-state index in [9.17, 15) is 10.2 Å². The minimum Gasteiger partial charge on any atom is -0.508 e. The van der Waals surface area contributed by atoms with Gasteiger partial charge >= 0.3 is 0 Å². The molecule has 170 valence electrons. The molecular weight excluding hydrogens is 398 g/mol. The normalized spacial score (nSPS) is 13.2. The first kappa shape index (κ1) is 23.8. The summed E-state index contributed by atoms with van der Waals surface area (Å²) in [6, 6.07) is 26.0. The molecule has 0 heterocycles. The van der Waals surface area contributed by atoms with Gasteiger partial charge in [0.25, 0.3) is 0 Å². The molecule has 0 aliphatic carbocycles. The van der Waals surface area contributed by atoms with Crippen molar-refractivity contribution in [2.24, 2.45) is 0 Å². The van der Waals surface area contributed by atoms with Crippen molar-refractivity contribution in [1.29, 1.82) is 0 Å². The van der Waals surface area contributed by atoms with Crippen molar-refractivity contribution in [1.82, 2.24) is 15.5 Å². The SMILES string of the molecule is CN[C@@H](Cc1ccc(O)cc1)CN(C)[C@H](CNCc1ccccc1)Cc1ccc(O)cc1. The van der Waals surface area contributed by atoms with Gasteiger partial charge in [-0.3, -0.25) is 0 Å². The second kappa shape index (κ2) is 12.2. The number of phenols is 2. The number of likely N-dealkylation sites (N-methyl/N-ethyl adjacent to an activating group) is 2. The van der Waals surface area contributed by atoms with Crippen LogP contribution in [0.1, 0.15) is 16.7 Å². The van der Waals surface area contributed by atoms with Gasteiger partial charge < -0.3 is 25.7 Å². The second-order valence-corrected chi connectivity index (χ2v) is 8.44. The summed E-state index contributed by atoms with van der Waals surface area (Å²) in [5.41, 5.74) is 3.69. The number of aromatic hydroxyl groups is 2. The Balaban J connectivity index is 1.63. The van der Waals surface area contributed by atoms with Gasteiger partial charge in [0.1, 0.15) is 11.5 Å². The lowest BCUT2D eigenvalue weighted by molar-refractivity contribution is 0.211. The maximum Gasteiger partial charge on any atom is 0.115 e. The van der Waals surface area contributed by atoms with Crippen molar-refractivity contribution in [2.75, 3.05) is 27.2 Å². The summed E-state index contributed by atoms with van der Waals surface area (Å²) >= 11 is 0.